The van der Waals surface area contributed by atoms with Gasteiger partial charge in [0.2, 0.25) is 10.0 Å². The molecule has 158 valence electrons. The number of nitrogens with zero attached hydrogens (tertiary/aromatic N) is 2. The molecular formula is C19H23Cl2N3O4S. The molecule has 10 heteroatoms. The van der Waals surface area contributed by atoms with Crippen molar-refractivity contribution in [3.63, 3.8) is 0 Å². The fraction of sp³-hybridized carbons (Fsp3) is 0.368. The highest BCUT2D eigenvalue weighted by Gasteiger charge is 2.24. The number of benzene rings is 1. The molecule has 1 aromatic carbocycles. The maximum absolute atomic E-state index is 12.8. The van der Waals surface area contributed by atoms with Crippen LogP contribution in [0.2, 0.25) is 10.2 Å². The number of amides is 1. The van der Waals surface area contributed by atoms with Gasteiger partial charge in [0.1, 0.15) is 10.9 Å². The number of carbonyl (C=O) groups excluding carboxylic acids is 1. The first-order chi connectivity index (χ1) is 13.6. The molecule has 0 unspecified atom stereocenters. The van der Waals surface area contributed by atoms with Gasteiger partial charge in [-0.2, -0.15) is 4.31 Å². The van der Waals surface area contributed by atoms with Crippen LogP contribution in [0.15, 0.2) is 35.4 Å². The van der Waals surface area contributed by atoms with Gasteiger partial charge in [0.25, 0.3) is 5.91 Å². The van der Waals surface area contributed by atoms with Gasteiger partial charge in [-0.15, -0.1) is 0 Å². The Morgan fingerprint density at radius 2 is 1.86 bits per heavy atom. The lowest BCUT2D eigenvalue weighted by Gasteiger charge is -2.20. The van der Waals surface area contributed by atoms with Gasteiger partial charge in [0, 0.05) is 19.3 Å². The zero-order valence-corrected chi connectivity index (χ0v) is 18.9. The zero-order chi connectivity index (χ0) is 21.8. The Balaban J connectivity index is 2.46. The van der Waals surface area contributed by atoms with Crippen molar-refractivity contribution >= 4 is 44.8 Å². The number of hydrogen-bond acceptors (Lipinski definition) is 5. The minimum Gasteiger partial charge on any atom is -0.489 e. The first-order valence-corrected chi connectivity index (χ1v) is 11.2. The summed E-state index contributed by atoms with van der Waals surface area (Å²) in [6.45, 7) is 7.85. The van der Waals surface area contributed by atoms with Crippen LogP contribution < -0.4 is 10.1 Å². The maximum atomic E-state index is 12.8. The summed E-state index contributed by atoms with van der Waals surface area (Å²) in [4.78, 5) is 16.6. The zero-order valence-electron chi connectivity index (χ0n) is 16.6. The Bertz CT molecular complexity index is 993. The predicted octanol–water partition coefficient (Wildman–Crippen LogP) is 4.46. The van der Waals surface area contributed by atoms with Crippen molar-refractivity contribution in [1.29, 1.82) is 0 Å². The first-order valence-electron chi connectivity index (χ1n) is 9.03. The van der Waals surface area contributed by atoms with Crippen LogP contribution in [0.4, 0.5) is 5.69 Å². The Hall–Kier alpha value is -1.87. The quantitative estimate of drug-likeness (QED) is 0.588. The van der Waals surface area contributed by atoms with E-state index in [1.807, 2.05) is 13.8 Å². The number of halogens is 2. The normalized spacial score (nSPS) is 11.7. The summed E-state index contributed by atoms with van der Waals surface area (Å²) in [7, 11) is -3.71. The molecule has 1 aromatic heterocycles. The van der Waals surface area contributed by atoms with Crippen LogP contribution in [-0.4, -0.2) is 42.8 Å². The lowest BCUT2D eigenvalue weighted by molar-refractivity contribution is 0.102. The molecule has 0 aliphatic heterocycles. The smallest absolute Gasteiger partial charge is 0.257 e. The molecule has 7 nitrogen and oxygen atoms in total. The number of pyridine rings is 1. The van der Waals surface area contributed by atoms with Gasteiger partial charge in [0.05, 0.1) is 27.3 Å². The summed E-state index contributed by atoms with van der Waals surface area (Å²) in [5.41, 5.74) is 0.398. The molecule has 1 N–H and O–H groups in total. The molecule has 0 radical (unpaired) electrons. The van der Waals surface area contributed by atoms with Crippen LogP contribution >= 0.6 is 23.2 Å². The van der Waals surface area contributed by atoms with Crippen molar-refractivity contribution in [3.8, 4) is 5.75 Å². The van der Waals surface area contributed by atoms with E-state index in [1.54, 1.807) is 13.8 Å². The third-order valence-corrected chi connectivity index (χ3v) is 6.70. The number of ether oxygens (including phenoxy) is 1. The third kappa shape index (κ3) is 5.60. The van der Waals surface area contributed by atoms with E-state index in [2.05, 4.69) is 10.3 Å². The molecule has 0 aliphatic carbocycles. The van der Waals surface area contributed by atoms with E-state index >= 15 is 0 Å². The largest absolute Gasteiger partial charge is 0.489 e. The minimum absolute atomic E-state index is 0.0554. The fourth-order valence-corrected chi connectivity index (χ4v) is 4.33. The summed E-state index contributed by atoms with van der Waals surface area (Å²) < 4.78 is 32.7. The van der Waals surface area contributed by atoms with Crippen LogP contribution in [0, 0.1) is 0 Å². The minimum atomic E-state index is -3.71. The number of sulfonamides is 1. The van der Waals surface area contributed by atoms with Gasteiger partial charge in [-0.05, 0) is 38.1 Å². The number of nitrogens with one attached hydrogen (secondary N) is 1. The van der Waals surface area contributed by atoms with Crippen LogP contribution in [0.1, 0.15) is 38.1 Å². The summed E-state index contributed by atoms with van der Waals surface area (Å²) in [6.07, 6.45) is 1.10. The average molecular weight is 460 g/mol. The van der Waals surface area contributed by atoms with Gasteiger partial charge in [-0.25, -0.2) is 13.4 Å². The molecule has 0 saturated heterocycles. The first kappa shape index (κ1) is 23.4. The van der Waals surface area contributed by atoms with E-state index in [0.29, 0.717) is 18.8 Å². The molecule has 0 saturated carbocycles. The number of rotatable bonds is 8. The third-order valence-electron chi connectivity index (χ3n) is 3.96. The van der Waals surface area contributed by atoms with Crippen molar-refractivity contribution < 1.29 is 17.9 Å². The summed E-state index contributed by atoms with van der Waals surface area (Å²) in [6, 6.07) is 5.75. The molecule has 2 rings (SSSR count). The molecule has 0 atom stereocenters. The van der Waals surface area contributed by atoms with Crippen LogP contribution in [0.3, 0.4) is 0 Å². The Morgan fingerprint density at radius 3 is 2.41 bits per heavy atom. The lowest BCUT2D eigenvalue weighted by Crippen LogP contribution is -2.30. The fourth-order valence-electron chi connectivity index (χ4n) is 2.58. The Morgan fingerprint density at radius 1 is 1.21 bits per heavy atom. The molecular weight excluding hydrogens is 437 g/mol. The molecule has 29 heavy (non-hydrogen) atoms. The van der Waals surface area contributed by atoms with E-state index in [9.17, 15) is 13.2 Å². The van der Waals surface area contributed by atoms with Gasteiger partial charge in [0.15, 0.2) is 0 Å². The lowest BCUT2D eigenvalue weighted by atomic mass is 10.2. The summed E-state index contributed by atoms with van der Waals surface area (Å²) in [5, 5.41) is 2.90. The molecule has 0 bridgehead atoms. The van der Waals surface area contributed by atoms with Gasteiger partial charge < -0.3 is 10.1 Å². The topological polar surface area (TPSA) is 88.6 Å². The van der Waals surface area contributed by atoms with E-state index in [0.717, 1.165) is 0 Å². The van der Waals surface area contributed by atoms with Crippen LogP contribution in [0.5, 0.6) is 5.75 Å². The second-order valence-corrected chi connectivity index (χ2v) is 9.07. The van der Waals surface area contributed by atoms with Gasteiger partial charge in [-0.3, -0.25) is 4.79 Å². The molecule has 0 spiro atoms. The summed E-state index contributed by atoms with van der Waals surface area (Å²) in [5.74, 6) is -0.179. The molecule has 1 heterocycles. The highest BCUT2D eigenvalue weighted by Crippen LogP contribution is 2.31. The highest BCUT2D eigenvalue weighted by molar-refractivity contribution is 7.89. The van der Waals surface area contributed by atoms with E-state index in [1.165, 1.54) is 34.8 Å². The second-order valence-electron chi connectivity index (χ2n) is 6.36. The number of aromatic nitrogens is 1. The Kier molecular flexibility index (Phi) is 7.87. The molecule has 1 amide bonds. The standard InChI is InChI=1S/C19H23Cl2N3O4S/c1-5-24(6-2)29(26,27)14-7-8-17(28-12(3)4)16(10-14)23-19(25)13-9-15(20)18(21)22-11-13/h7-12H,5-6H2,1-4H3,(H,23,25). The Labute approximate surface area is 181 Å². The highest BCUT2D eigenvalue weighted by atomic mass is 35.5. The number of hydrogen-bond donors (Lipinski definition) is 1. The van der Waals surface area contributed by atoms with Crippen LogP contribution in [0.25, 0.3) is 0 Å². The van der Waals surface area contributed by atoms with Crippen molar-refractivity contribution in [1.82, 2.24) is 9.29 Å². The van der Waals surface area contributed by atoms with Gasteiger partial charge >= 0.3 is 0 Å². The van der Waals surface area contributed by atoms with E-state index < -0.39 is 15.9 Å². The van der Waals surface area contributed by atoms with E-state index in [4.69, 9.17) is 27.9 Å². The van der Waals surface area contributed by atoms with Crippen molar-refractivity contribution in [2.24, 2.45) is 0 Å². The molecule has 0 fully saturated rings. The molecule has 2 aromatic rings. The van der Waals surface area contributed by atoms with E-state index in [-0.39, 0.29) is 32.4 Å². The summed E-state index contributed by atoms with van der Waals surface area (Å²) >= 11 is 11.7. The van der Waals surface area contributed by atoms with Crippen molar-refractivity contribution in [2.45, 2.75) is 38.7 Å². The second kappa shape index (κ2) is 9.75. The predicted molar refractivity (Wildman–Crippen MR) is 115 cm³/mol. The average Bonchev–Trinajstić information content (AvgIpc) is 2.65. The number of carbonyl (C=O) groups is 1. The monoisotopic (exact) mass is 459 g/mol. The maximum Gasteiger partial charge on any atom is 0.257 e. The molecule has 0 aliphatic rings. The van der Waals surface area contributed by atoms with Gasteiger partial charge in [-0.1, -0.05) is 37.0 Å². The SMILES string of the molecule is CCN(CC)S(=O)(=O)c1ccc(OC(C)C)c(NC(=O)c2cnc(Cl)c(Cl)c2)c1. The number of anilines is 1. The van der Waals surface area contributed by atoms with Crippen molar-refractivity contribution in [3.05, 3.63) is 46.2 Å². The van der Waals surface area contributed by atoms with Crippen LogP contribution in [-0.2, 0) is 10.0 Å². The van der Waals surface area contributed by atoms with Crippen molar-refractivity contribution in [2.75, 3.05) is 18.4 Å².